The largest absolute Gasteiger partial charge is 0.497 e. The van der Waals surface area contributed by atoms with E-state index >= 15 is 0 Å². The second-order valence-corrected chi connectivity index (χ2v) is 4.89. The molecule has 0 radical (unpaired) electrons. The zero-order valence-corrected chi connectivity index (χ0v) is 11.1. The second kappa shape index (κ2) is 6.76. The zero-order chi connectivity index (χ0) is 12.8. The average molecular weight is 249 g/mol. The Morgan fingerprint density at radius 3 is 3.06 bits per heavy atom. The van der Waals surface area contributed by atoms with E-state index in [9.17, 15) is 0 Å². The average Bonchev–Trinajstić information content (AvgIpc) is 2.43. The number of hydrogen-bond acceptors (Lipinski definition) is 3. The maximum atomic E-state index is 8.78. The van der Waals surface area contributed by atoms with Crippen LogP contribution in [0.25, 0.3) is 0 Å². The number of benzene rings is 1. The monoisotopic (exact) mass is 249 g/mol. The van der Waals surface area contributed by atoms with Gasteiger partial charge in [0.25, 0.3) is 0 Å². The van der Waals surface area contributed by atoms with E-state index in [2.05, 4.69) is 17.4 Å². The predicted molar refractivity (Wildman–Crippen MR) is 73.0 cm³/mol. The Morgan fingerprint density at radius 1 is 1.39 bits per heavy atom. The van der Waals surface area contributed by atoms with Crippen LogP contribution in [0.5, 0.6) is 5.75 Å². The molecule has 1 unspecified atom stereocenters. The minimum atomic E-state index is 0.292. The lowest BCUT2D eigenvalue weighted by atomic mass is 9.87. The highest BCUT2D eigenvalue weighted by Gasteiger charge is 2.19. The number of fused-ring (bicyclic) bond motifs is 1. The number of aliphatic hydroxyl groups excluding tert-OH is 1. The van der Waals surface area contributed by atoms with Gasteiger partial charge in [0.15, 0.2) is 0 Å². The van der Waals surface area contributed by atoms with Gasteiger partial charge in [-0.05, 0) is 61.9 Å². The summed E-state index contributed by atoms with van der Waals surface area (Å²) in [5, 5.41) is 12.4. The number of unbranched alkanes of at least 4 members (excludes halogenated alkanes) is 1. The molecule has 1 aromatic rings. The van der Waals surface area contributed by atoms with Gasteiger partial charge in [-0.15, -0.1) is 0 Å². The molecule has 1 aromatic carbocycles. The van der Waals surface area contributed by atoms with Gasteiger partial charge >= 0.3 is 0 Å². The summed E-state index contributed by atoms with van der Waals surface area (Å²) in [7, 11) is 1.72. The highest BCUT2D eigenvalue weighted by atomic mass is 16.5. The molecule has 0 spiro atoms. The quantitative estimate of drug-likeness (QED) is 0.761. The van der Waals surface area contributed by atoms with Crippen molar-refractivity contribution >= 4 is 0 Å². The van der Waals surface area contributed by atoms with Crippen LogP contribution in [0.15, 0.2) is 18.2 Å². The van der Waals surface area contributed by atoms with Crippen LogP contribution in [0.1, 0.15) is 42.9 Å². The minimum absolute atomic E-state index is 0.292. The van der Waals surface area contributed by atoms with E-state index in [1.165, 1.54) is 24.0 Å². The summed E-state index contributed by atoms with van der Waals surface area (Å²) in [6, 6.07) is 6.87. The highest BCUT2D eigenvalue weighted by molar-refractivity contribution is 5.39. The first kappa shape index (κ1) is 13.4. The predicted octanol–water partition coefficient (Wildman–Crippen LogP) is 2.43. The van der Waals surface area contributed by atoms with Gasteiger partial charge in [0.1, 0.15) is 5.75 Å². The van der Waals surface area contributed by atoms with Gasteiger partial charge in [0.2, 0.25) is 0 Å². The number of ether oxygens (including phenoxy) is 1. The molecule has 3 nitrogen and oxygen atoms in total. The van der Waals surface area contributed by atoms with Crippen LogP contribution in [-0.4, -0.2) is 25.4 Å². The van der Waals surface area contributed by atoms with Gasteiger partial charge in [-0.2, -0.15) is 0 Å². The van der Waals surface area contributed by atoms with Crippen molar-refractivity contribution in [1.29, 1.82) is 0 Å². The molecule has 0 saturated carbocycles. The third-order valence-electron chi connectivity index (χ3n) is 3.64. The maximum absolute atomic E-state index is 8.78. The Balaban J connectivity index is 1.99. The molecule has 1 aliphatic carbocycles. The molecule has 0 aromatic heterocycles. The van der Waals surface area contributed by atoms with Crippen molar-refractivity contribution < 1.29 is 9.84 Å². The van der Waals surface area contributed by atoms with Crippen LogP contribution in [-0.2, 0) is 6.42 Å². The van der Waals surface area contributed by atoms with Crippen LogP contribution < -0.4 is 10.1 Å². The van der Waals surface area contributed by atoms with Crippen LogP contribution in [0.2, 0.25) is 0 Å². The summed E-state index contributed by atoms with van der Waals surface area (Å²) in [4.78, 5) is 0. The first-order valence-corrected chi connectivity index (χ1v) is 6.86. The van der Waals surface area contributed by atoms with Crippen LogP contribution in [0.4, 0.5) is 0 Å². The molecule has 2 N–H and O–H groups in total. The number of nitrogens with one attached hydrogen (secondary N) is 1. The Bertz CT molecular complexity index is 379. The van der Waals surface area contributed by atoms with Crippen LogP contribution in [0, 0.1) is 0 Å². The lowest BCUT2D eigenvalue weighted by molar-refractivity contribution is 0.282. The lowest BCUT2D eigenvalue weighted by Gasteiger charge is -2.27. The number of methoxy groups -OCH3 is 1. The van der Waals surface area contributed by atoms with Crippen molar-refractivity contribution in [2.75, 3.05) is 20.3 Å². The fraction of sp³-hybridized carbons (Fsp3) is 0.600. The van der Waals surface area contributed by atoms with Crippen molar-refractivity contribution in [3.8, 4) is 5.75 Å². The third-order valence-corrected chi connectivity index (χ3v) is 3.64. The molecule has 0 aliphatic heterocycles. The molecular weight excluding hydrogens is 226 g/mol. The summed E-state index contributed by atoms with van der Waals surface area (Å²) < 4.78 is 5.28. The van der Waals surface area contributed by atoms with Gasteiger partial charge in [0, 0.05) is 12.6 Å². The van der Waals surface area contributed by atoms with Gasteiger partial charge in [0.05, 0.1) is 7.11 Å². The maximum Gasteiger partial charge on any atom is 0.119 e. The first-order chi connectivity index (χ1) is 8.85. The standard InChI is InChI=1S/C15H23NO2/c1-18-13-7-8-14-12(11-13)5-4-6-15(14)16-9-2-3-10-17/h7-8,11,15-17H,2-6,9-10H2,1H3. The number of aryl methyl sites for hydroxylation is 1. The fourth-order valence-electron chi connectivity index (χ4n) is 2.64. The van der Waals surface area contributed by atoms with Crippen molar-refractivity contribution in [3.05, 3.63) is 29.3 Å². The first-order valence-electron chi connectivity index (χ1n) is 6.86. The van der Waals surface area contributed by atoms with E-state index in [1.807, 2.05) is 6.07 Å². The molecule has 0 bridgehead atoms. The van der Waals surface area contributed by atoms with E-state index < -0.39 is 0 Å². The van der Waals surface area contributed by atoms with Crippen LogP contribution >= 0.6 is 0 Å². The molecule has 100 valence electrons. The summed E-state index contributed by atoms with van der Waals surface area (Å²) >= 11 is 0. The Morgan fingerprint density at radius 2 is 2.28 bits per heavy atom. The molecule has 1 atom stereocenters. The van der Waals surface area contributed by atoms with Crippen molar-refractivity contribution in [3.63, 3.8) is 0 Å². The van der Waals surface area contributed by atoms with E-state index in [0.717, 1.165) is 31.6 Å². The smallest absolute Gasteiger partial charge is 0.119 e. The molecule has 0 saturated heterocycles. The summed E-state index contributed by atoms with van der Waals surface area (Å²) in [6.07, 6.45) is 5.52. The zero-order valence-electron chi connectivity index (χ0n) is 11.1. The summed E-state index contributed by atoms with van der Waals surface area (Å²) in [6.45, 7) is 1.27. The van der Waals surface area contributed by atoms with Crippen LogP contribution in [0.3, 0.4) is 0 Å². The third kappa shape index (κ3) is 3.24. The van der Waals surface area contributed by atoms with Gasteiger partial charge in [-0.25, -0.2) is 0 Å². The molecule has 3 heteroatoms. The Kier molecular flexibility index (Phi) is 5.02. The van der Waals surface area contributed by atoms with E-state index in [4.69, 9.17) is 9.84 Å². The fourth-order valence-corrected chi connectivity index (χ4v) is 2.64. The minimum Gasteiger partial charge on any atom is -0.497 e. The Hall–Kier alpha value is -1.06. The second-order valence-electron chi connectivity index (χ2n) is 4.89. The topological polar surface area (TPSA) is 41.5 Å². The SMILES string of the molecule is COc1ccc2c(c1)CCCC2NCCCCO. The normalized spacial score (nSPS) is 18.4. The van der Waals surface area contributed by atoms with E-state index in [-0.39, 0.29) is 0 Å². The molecule has 1 aliphatic rings. The number of hydrogen-bond donors (Lipinski definition) is 2. The Labute approximate surface area is 109 Å². The lowest BCUT2D eigenvalue weighted by Crippen LogP contribution is -2.26. The molecule has 0 fully saturated rings. The molecule has 0 amide bonds. The molecular formula is C15H23NO2. The van der Waals surface area contributed by atoms with Crippen molar-refractivity contribution in [2.45, 2.75) is 38.1 Å². The number of aliphatic hydroxyl groups is 1. The molecule has 18 heavy (non-hydrogen) atoms. The van der Waals surface area contributed by atoms with Crippen molar-refractivity contribution in [1.82, 2.24) is 5.32 Å². The summed E-state index contributed by atoms with van der Waals surface area (Å²) in [5.41, 5.74) is 2.84. The molecule has 0 heterocycles. The van der Waals surface area contributed by atoms with Gasteiger partial charge in [-0.3, -0.25) is 0 Å². The van der Waals surface area contributed by atoms with Gasteiger partial charge in [-0.1, -0.05) is 6.07 Å². The van der Waals surface area contributed by atoms with Gasteiger partial charge < -0.3 is 15.2 Å². The van der Waals surface area contributed by atoms with Crippen molar-refractivity contribution in [2.24, 2.45) is 0 Å². The van der Waals surface area contributed by atoms with E-state index in [0.29, 0.717) is 12.6 Å². The summed E-state index contributed by atoms with van der Waals surface area (Å²) in [5.74, 6) is 0.953. The van der Waals surface area contributed by atoms with E-state index in [1.54, 1.807) is 7.11 Å². The highest BCUT2D eigenvalue weighted by Crippen LogP contribution is 2.32. The molecule has 2 rings (SSSR count). The number of rotatable bonds is 6.